The maximum Gasteiger partial charge on any atom is 0.168 e. The zero-order chi connectivity index (χ0) is 9.14. The van der Waals surface area contributed by atoms with Gasteiger partial charge in [-0.2, -0.15) is 0 Å². The minimum atomic E-state index is 0.659. The monoisotopic (exact) mass is 164 g/mol. The van der Waals surface area contributed by atoms with Gasteiger partial charge in [0.2, 0.25) is 0 Å². The molecule has 66 valence electrons. The van der Waals surface area contributed by atoms with Gasteiger partial charge in [0.25, 0.3) is 0 Å². The Morgan fingerprint density at radius 3 is 2.00 bits per heavy atom. The van der Waals surface area contributed by atoms with E-state index in [0.717, 1.165) is 5.92 Å². The molecule has 0 spiro atoms. The Morgan fingerprint density at radius 1 is 1.08 bits per heavy atom. The van der Waals surface area contributed by atoms with Crippen LogP contribution in [0, 0.1) is 5.92 Å². The molecule has 1 nitrogen and oxygen atoms in total. The fourth-order valence-corrected chi connectivity index (χ4v) is 1.20. The Hall–Kier alpha value is -0.850. The number of nitrogens with zero attached hydrogens (tertiary/aromatic N) is 1. The Morgan fingerprint density at radius 2 is 1.58 bits per heavy atom. The second-order valence-corrected chi connectivity index (χ2v) is 3.83. The molecule has 1 heteroatoms. The van der Waals surface area contributed by atoms with Crippen molar-refractivity contribution in [1.29, 1.82) is 0 Å². The van der Waals surface area contributed by atoms with Crippen molar-refractivity contribution in [1.82, 2.24) is 0 Å². The Bertz CT molecular complexity index is 236. The third kappa shape index (κ3) is 2.07. The summed E-state index contributed by atoms with van der Waals surface area (Å²) in [6, 6.07) is 4.40. The van der Waals surface area contributed by atoms with E-state index >= 15 is 0 Å². The van der Waals surface area contributed by atoms with Crippen LogP contribution in [0.2, 0.25) is 0 Å². The SMILES string of the molecule is CC(C)C(C)c1cc[n+](C)cc1. The molecule has 1 aromatic heterocycles. The fourth-order valence-electron chi connectivity index (χ4n) is 1.20. The predicted molar refractivity (Wildman–Crippen MR) is 50.9 cm³/mol. The second-order valence-electron chi connectivity index (χ2n) is 3.83. The van der Waals surface area contributed by atoms with Gasteiger partial charge in [-0.25, -0.2) is 4.57 Å². The second kappa shape index (κ2) is 3.70. The van der Waals surface area contributed by atoms with Gasteiger partial charge in [0.15, 0.2) is 12.4 Å². The molecule has 1 heterocycles. The van der Waals surface area contributed by atoms with Gasteiger partial charge in [0.1, 0.15) is 7.05 Å². The minimum absolute atomic E-state index is 0.659. The summed E-state index contributed by atoms with van der Waals surface area (Å²) in [5.41, 5.74) is 1.43. The summed E-state index contributed by atoms with van der Waals surface area (Å²) in [6.07, 6.45) is 4.21. The van der Waals surface area contributed by atoms with Crippen molar-refractivity contribution in [2.45, 2.75) is 26.7 Å². The molecule has 0 saturated heterocycles. The van der Waals surface area contributed by atoms with E-state index in [1.807, 2.05) is 7.05 Å². The Kier molecular flexibility index (Phi) is 2.85. The molecule has 1 unspecified atom stereocenters. The van der Waals surface area contributed by atoms with Crippen LogP contribution in [0.5, 0.6) is 0 Å². The van der Waals surface area contributed by atoms with E-state index in [-0.39, 0.29) is 0 Å². The smallest absolute Gasteiger partial charge is 0.168 e. The highest BCUT2D eigenvalue weighted by Crippen LogP contribution is 2.21. The first-order chi connectivity index (χ1) is 5.61. The molecule has 0 aliphatic rings. The molecule has 12 heavy (non-hydrogen) atoms. The first kappa shape index (κ1) is 9.24. The fraction of sp³-hybridized carbons (Fsp3) is 0.545. The standard InChI is InChI=1S/C11H18N/c1-9(2)10(3)11-5-7-12(4)8-6-11/h5-10H,1-4H3/q+1. The maximum atomic E-state index is 2.28. The van der Waals surface area contributed by atoms with Crippen molar-refractivity contribution in [2.75, 3.05) is 0 Å². The molecular formula is C11H18N+. The van der Waals surface area contributed by atoms with Crippen LogP contribution in [-0.2, 0) is 7.05 Å². The summed E-state index contributed by atoms with van der Waals surface area (Å²) in [5, 5.41) is 0. The number of aromatic nitrogens is 1. The van der Waals surface area contributed by atoms with Crippen LogP contribution < -0.4 is 4.57 Å². The summed E-state index contributed by atoms with van der Waals surface area (Å²) in [4.78, 5) is 0. The molecule has 0 aromatic carbocycles. The summed E-state index contributed by atoms with van der Waals surface area (Å²) in [7, 11) is 2.05. The number of hydrogen-bond acceptors (Lipinski definition) is 0. The van der Waals surface area contributed by atoms with Crippen molar-refractivity contribution in [3.63, 3.8) is 0 Å². The van der Waals surface area contributed by atoms with Gasteiger partial charge in [-0.1, -0.05) is 20.8 Å². The van der Waals surface area contributed by atoms with Crippen LogP contribution in [0.1, 0.15) is 32.3 Å². The average Bonchev–Trinajstić information content (AvgIpc) is 2.04. The lowest BCUT2D eigenvalue weighted by atomic mass is 9.91. The maximum absolute atomic E-state index is 2.28. The van der Waals surface area contributed by atoms with E-state index in [9.17, 15) is 0 Å². The molecule has 1 aromatic rings. The lowest BCUT2D eigenvalue weighted by Crippen LogP contribution is -2.26. The molecule has 0 saturated carbocycles. The van der Waals surface area contributed by atoms with Crippen molar-refractivity contribution in [3.05, 3.63) is 30.1 Å². The highest BCUT2D eigenvalue weighted by atomic mass is 14.9. The molecular weight excluding hydrogens is 146 g/mol. The zero-order valence-electron chi connectivity index (χ0n) is 8.41. The molecule has 0 bridgehead atoms. The van der Waals surface area contributed by atoms with Gasteiger partial charge in [-0.05, 0) is 17.4 Å². The van der Waals surface area contributed by atoms with E-state index in [1.54, 1.807) is 0 Å². The number of hydrogen-bond donors (Lipinski definition) is 0. The van der Waals surface area contributed by atoms with Crippen LogP contribution in [0.25, 0.3) is 0 Å². The molecule has 0 aliphatic carbocycles. The topological polar surface area (TPSA) is 3.88 Å². The highest BCUT2D eigenvalue weighted by Gasteiger charge is 2.09. The van der Waals surface area contributed by atoms with Crippen molar-refractivity contribution < 1.29 is 4.57 Å². The molecule has 1 rings (SSSR count). The van der Waals surface area contributed by atoms with Gasteiger partial charge in [0.05, 0.1) is 0 Å². The zero-order valence-corrected chi connectivity index (χ0v) is 8.41. The van der Waals surface area contributed by atoms with Crippen LogP contribution >= 0.6 is 0 Å². The Labute approximate surface area is 75.1 Å². The number of rotatable bonds is 2. The molecule has 0 radical (unpaired) electrons. The third-order valence-corrected chi connectivity index (χ3v) is 2.53. The lowest BCUT2D eigenvalue weighted by molar-refractivity contribution is -0.671. The van der Waals surface area contributed by atoms with Gasteiger partial charge in [-0.15, -0.1) is 0 Å². The van der Waals surface area contributed by atoms with Crippen LogP contribution in [0.15, 0.2) is 24.5 Å². The van der Waals surface area contributed by atoms with Crippen LogP contribution in [0.3, 0.4) is 0 Å². The van der Waals surface area contributed by atoms with Gasteiger partial charge in [-0.3, -0.25) is 0 Å². The summed E-state index contributed by atoms with van der Waals surface area (Å²) in [6.45, 7) is 6.80. The molecule has 0 N–H and O–H groups in total. The van der Waals surface area contributed by atoms with E-state index in [4.69, 9.17) is 0 Å². The van der Waals surface area contributed by atoms with Crippen LogP contribution in [-0.4, -0.2) is 0 Å². The third-order valence-electron chi connectivity index (χ3n) is 2.53. The molecule has 0 fully saturated rings. The molecule has 0 aliphatic heterocycles. The summed E-state index contributed by atoms with van der Waals surface area (Å²) in [5.74, 6) is 1.38. The first-order valence-electron chi connectivity index (χ1n) is 4.56. The summed E-state index contributed by atoms with van der Waals surface area (Å²) >= 11 is 0. The molecule has 0 amide bonds. The minimum Gasteiger partial charge on any atom is -0.208 e. The highest BCUT2D eigenvalue weighted by molar-refractivity contribution is 5.13. The van der Waals surface area contributed by atoms with Gasteiger partial charge >= 0.3 is 0 Å². The van der Waals surface area contributed by atoms with E-state index < -0.39 is 0 Å². The van der Waals surface area contributed by atoms with E-state index in [0.29, 0.717) is 5.92 Å². The van der Waals surface area contributed by atoms with Crippen molar-refractivity contribution >= 4 is 0 Å². The first-order valence-corrected chi connectivity index (χ1v) is 4.56. The van der Waals surface area contributed by atoms with Crippen molar-refractivity contribution in [2.24, 2.45) is 13.0 Å². The van der Waals surface area contributed by atoms with E-state index in [2.05, 4.69) is 49.9 Å². The lowest BCUT2D eigenvalue weighted by Gasteiger charge is -2.14. The van der Waals surface area contributed by atoms with Gasteiger partial charge < -0.3 is 0 Å². The Balaban J connectivity index is 2.82. The predicted octanol–water partition coefficient (Wildman–Crippen LogP) is 2.27. The summed E-state index contributed by atoms with van der Waals surface area (Å²) < 4.78 is 2.07. The van der Waals surface area contributed by atoms with E-state index in [1.165, 1.54) is 5.56 Å². The van der Waals surface area contributed by atoms with Gasteiger partial charge in [0, 0.05) is 12.1 Å². The normalized spacial score (nSPS) is 13.4. The number of pyridine rings is 1. The van der Waals surface area contributed by atoms with Crippen LogP contribution in [0.4, 0.5) is 0 Å². The number of aryl methyl sites for hydroxylation is 1. The largest absolute Gasteiger partial charge is 0.208 e. The van der Waals surface area contributed by atoms with Crippen molar-refractivity contribution in [3.8, 4) is 0 Å². The molecule has 1 atom stereocenters. The quantitative estimate of drug-likeness (QED) is 0.590. The average molecular weight is 164 g/mol.